The molecule has 0 saturated carbocycles. The van der Waals surface area contributed by atoms with Gasteiger partial charge in [-0.2, -0.15) is 0 Å². The van der Waals surface area contributed by atoms with E-state index in [4.69, 9.17) is 15.2 Å². The molecule has 0 unspecified atom stereocenters. The van der Waals surface area contributed by atoms with E-state index < -0.39 is 0 Å². The number of anilines is 1. The number of primary amides is 1. The highest BCUT2D eigenvalue weighted by molar-refractivity contribution is 5.98. The van der Waals surface area contributed by atoms with Crippen LogP contribution >= 0.6 is 0 Å². The van der Waals surface area contributed by atoms with Crippen LogP contribution in [0, 0.1) is 0 Å². The minimum Gasteiger partial charge on any atom is -0.491 e. The van der Waals surface area contributed by atoms with E-state index in [0.717, 1.165) is 41.2 Å². The van der Waals surface area contributed by atoms with Crippen LogP contribution in [0.4, 0.5) is 5.69 Å². The number of carbonyl (C=O) groups excluding carboxylic acids is 1. The molecule has 1 heterocycles. The Morgan fingerprint density at radius 3 is 2.59 bits per heavy atom. The molecule has 1 aliphatic heterocycles. The van der Waals surface area contributed by atoms with Gasteiger partial charge in [0, 0.05) is 24.4 Å². The van der Waals surface area contributed by atoms with Gasteiger partial charge in [0.1, 0.15) is 12.4 Å². The van der Waals surface area contributed by atoms with Gasteiger partial charge in [-0.3, -0.25) is 4.79 Å². The summed E-state index contributed by atoms with van der Waals surface area (Å²) >= 11 is 0. The first kappa shape index (κ1) is 19.0. The molecule has 0 spiro atoms. The maximum absolute atomic E-state index is 11.6. The molecular formula is C22H26N2O3. The van der Waals surface area contributed by atoms with Crippen molar-refractivity contribution in [2.75, 3.05) is 31.7 Å². The number of nitrogens with one attached hydrogen (secondary N) is 1. The monoisotopic (exact) mass is 366 g/mol. The SMILES string of the molecule is CCCOCCOc1ccc(-c2ccc3c(c2)C=C(C(N)=O)CCN3)cc1. The summed E-state index contributed by atoms with van der Waals surface area (Å²) in [5.41, 5.74) is 10.3. The first-order chi connectivity index (χ1) is 13.2. The Kier molecular flexibility index (Phi) is 6.49. The Morgan fingerprint density at radius 1 is 1.07 bits per heavy atom. The van der Waals surface area contributed by atoms with Crippen molar-refractivity contribution in [2.45, 2.75) is 19.8 Å². The number of amides is 1. The zero-order chi connectivity index (χ0) is 19.1. The van der Waals surface area contributed by atoms with E-state index in [2.05, 4.69) is 24.4 Å². The smallest absolute Gasteiger partial charge is 0.244 e. The normalized spacial score (nSPS) is 13.1. The van der Waals surface area contributed by atoms with Gasteiger partial charge >= 0.3 is 0 Å². The topological polar surface area (TPSA) is 73.6 Å². The number of carbonyl (C=O) groups is 1. The molecule has 0 radical (unpaired) electrons. The molecule has 3 rings (SSSR count). The van der Waals surface area contributed by atoms with Crippen LogP contribution in [0.15, 0.2) is 48.0 Å². The second-order valence-corrected chi connectivity index (χ2v) is 6.50. The van der Waals surface area contributed by atoms with Crippen molar-refractivity contribution in [3.05, 3.63) is 53.6 Å². The third kappa shape index (κ3) is 5.11. The van der Waals surface area contributed by atoms with E-state index in [0.29, 0.717) is 31.8 Å². The zero-order valence-electron chi connectivity index (χ0n) is 15.7. The van der Waals surface area contributed by atoms with E-state index in [9.17, 15) is 4.79 Å². The Labute approximate surface area is 160 Å². The van der Waals surface area contributed by atoms with Crippen LogP contribution < -0.4 is 15.8 Å². The molecule has 5 nitrogen and oxygen atoms in total. The molecule has 0 aliphatic carbocycles. The molecule has 1 amide bonds. The highest BCUT2D eigenvalue weighted by Gasteiger charge is 2.12. The predicted octanol–water partition coefficient (Wildman–Crippen LogP) is 3.84. The van der Waals surface area contributed by atoms with Gasteiger partial charge in [-0.1, -0.05) is 25.1 Å². The minimum atomic E-state index is -0.362. The first-order valence-corrected chi connectivity index (χ1v) is 9.36. The van der Waals surface area contributed by atoms with Crippen LogP contribution in [0.1, 0.15) is 25.3 Å². The summed E-state index contributed by atoms with van der Waals surface area (Å²) in [6.45, 7) is 4.70. The molecule has 2 aromatic rings. The standard InChI is InChI=1S/C22H26N2O3/c1-2-11-26-12-13-27-20-6-3-16(4-7-20)17-5-8-21-19(14-17)15-18(22(23)25)9-10-24-21/h3-8,14-15,24H,2,9-13H2,1H3,(H2,23,25). The summed E-state index contributed by atoms with van der Waals surface area (Å²) in [6, 6.07) is 14.2. The fraction of sp³-hybridized carbons (Fsp3) is 0.318. The maximum atomic E-state index is 11.6. The fourth-order valence-electron chi connectivity index (χ4n) is 3.02. The molecule has 5 heteroatoms. The average Bonchev–Trinajstić information content (AvgIpc) is 2.90. The van der Waals surface area contributed by atoms with Crippen molar-refractivity contribution in [2.24, 2.45) is 5.73 Å². The summed E-state index contributed by atoms with van der Waals surface area (Å²) in [5.74, 6) is 0.464. The van der Waals surface area contributed by atoms with E-state index >= 15 is 0 Å². The summed E-state index contributed by atoms with van der Waals surface area (Å²) in [4.78, 5) is 11.6. The Morgan fingerprint density at radius 2 is 1.85 bits per heavy atom. The largest absolute Gasteiger partial charge is 0.491 e. The molecule has 0 saturated heterocycles. The lowest BCUT2D eigenvalue weighted by atomic mass is 10.0. The van der Waals surface area contributed by atoms with Gasteiger partial charge in [0.25, 0.3) is 0 Å². The van der Waals surface area contributed by atoms with Crippen molar-refractivity contribution in [1.82, 2.24) is 0 Å². The lowest BCUT2D eigenvalue weighted by Crippen LogP contribution is -2.15. The second kappa shape index (κ2) is 9.24. The van der Waals surface area contributed by atoms with Crippen molar-refractivity contribution in [3.63, 3.8) is 0 Å². The lowest BCUT2D eigenvalue weighted by molar-refractivity contribution is -0.114. The van der Waals surface area contributed by atoms with E-state index in [-0.39, 0.29) is 5.91 Å². The number of nitrogens with two attached hydrogens (primary N) is 1. The van der Waals surface area contributed by atoms with E-state index in [1.54, 1.807) is 0 Å². The molecule has 27 heavy (non-hydrogen) atoms. The van der Waals surface area contributed by atoms with Gasteiger partial charge in [-0.15, -0.1) is 0 Å². The van der Waals surface area contributed by atoms with E-state index in [1.807, 2.05) is 36.4 Å². The molecule has 3 N–H and O–H groups in total. The lowest BCUT2D eigenvalue weighted by Gasteiger charge is -2.10. The third-order valence-electron chi connectivity index (χ3n) is 4.44. The Bertz CT molecular complexity index is 813. The number of fused-ring (bicyclic) bond motifs is 1. The van der Waals surface area contributed by atoms with Crippen LogP contribution in [0.25, 0.3) is 17.2 Å². The van der Waals surface area contributed by atoms with Crippen molar-refractivity contribution < 1.29 is 14.3 Å². The molecule has 0 fully saturated rings. The molecule has 1 aliphatic rings. The van der Waals surface area contributed by atoms with Crippen LogP contribution in [-0.4, -0.2) is 32.3 Å². The third-order valence-corrected chi connectivity index (χ3v) is 4.44. The number of hydrogen-bond donors (Lipinski definition) is 2. The van der Waals surface area contributed by atoms with Crippen LogP contribution in [0.3, 0.4) is 0 Å². The Hall–Kier alpha value is -2.79. The highest BCUT2D eigenvalue weighted by atomic mass is 16.5. The molecule has 142 valence electrons. The molecule has 2 aromatic carbocycles. The van der Waals surface area contributed by atoms with Gasteiger partial charge in [0.05, 0.1) is 6.61 Å². The highest BCUT2D eigenvalue weighted by Crippen LogP contribution is 2.30. The van der Waals surface area contributed by atoms with Crippen molar-refractivity contribution in [3.8, 4) is 16.9 Å². The first-order valence-electron chi connectivity index (χ1n) is 9.36. The van der Waals surface area contributed by atoms with Crippen molar-refractivity contribution in [1.29, 1.82) is 0 Å². The summed E-state index contributed by atoms with van der Waals surface area (Å²) in [7, 11) is 0. The fourth-order valence-corrected chi connectivity index (χ4v) is 3.02. The van der Waals surface area contributed by atoms with Gasteiger partial charge in [0.15, 0.2) is 0 Å². The van der Waals surface area contributed by atoms with Crippen LogP contribution in [0.2, 0.25) is 0 Å². The summed E-state index contributed by atoms with van der Waals surface area (Å²) in [5, 5.41) is 3.34. The number of hydrogen-bond acceptors (Lipinski definition) is 4. The van der Waals surface area contributed by atoms with Gasteiger partial charge in [-0.25, -0.2) is 0 Å². The minimum absolute atomic E-state index is 0.362. The number of benzene rings is 2. The zero-order valence-corrected chi connectivity index (χ0v) is 15.7. The summed E-state index contributed by atoms with van der Waals surface area (Å²) < 4.78 is 11.1. The van der Waals surface area contributed by atoms with E-state index in [1.165, 1.54) is 0 Å². The second-order valence-electron chi connectivity index (χ2n) is 6.50. The van der Waals surface area contributed by atoms with Crippen LogP contribution in [0.5, 0.6) is 5.75 Å². The van der Waals surface area contributed by atoms with Gasteiger partial charge < -0.3 is 20.5 Å². The molecule has 0 aromatic heterocycles. The summed E-state index contributed by atoms with van der Waals surface area (Å²) in [6.07, 6.45) is 3.53. The van der Waals surface area contributed by atoms with Crippen molar-refractivity contribution >= 4 is 17.7 Å². The van der Waals surface area contributed by atoms with Gasteiger partial charge in [0.2, 0.25) is 5.91 Å². The molecular weight excluding hydrogens is 340 g/mol. The van der Waals surface area contributed by atoms with Gasteiger partial charge in [-0.05, 0) is 59.9 Å². The van der Waals surface area contributed by atoms with Crippen LogP contribution in [-0.2, 0) is 9.53 Å². The Balaban J connectivity index is 1.71. The quantitative estimate of drug-likeness (QED) is 0.696. The maximum Gasteiger partial charge on any atom is 0.244 e. The molecule has 0 atom stereocenters. The predicted molar refractivity (Wildman–Crippen MR) is 109 cm³/mol. The molecule has 0 bridgehead atoms. The average molecular weight is 366 g/mol. The number of ether oxygens (including phenoxy) is 2. The number of rotatable bonds is 8.